The summed E-state index contributed by atoms with van der Waals surface area (Å²) in [5.74, 6) is 0.937. The zero-order chi connectivity index (χ0) is 12.6. The fraction of sp³-hybridized carbons (Fsp3) is 1.00. The molecule has 0 saturated heterocycles. The highest BCUT2D eigenvalue weighted by Gasteiger charge is 2.73. The van der Waals surface area contributed by atoms with Crippen LogP contribution in [0.1, 0.15) is 80.6 Å². The van der Waals surface area contributed by atoms with E-state index in [9.17, 15) is 0 Å². The van der Waals surface area contributed by atoms with Crippen molar-refractivity contribution in [1.29, 1.82) is 0 Å². The molecule has 1 aliphatic carbocycles. The second kappa shape index (κ2) is 4.35. The number of hydrogen-bond acceptors (Lipinski definition) is 0. The van der Waals surface area contributed by atoms with Gasteiger partial charge in [-0.2, -0.15) is 0 Å². The van der Waals surface area contributed by atoms with Crippen LogP contribution in [-0.2, 0) is 0 Å². The maximum atomic E-state index is 2.56. The molecule has 1 aliphatic rings. The van der Waals surface area contributed by atoms with Crippen LogP contribution in [0, 0.1) is 22.2 Å². The first kappa shape index (κ1) is 14.1. The van der Waals surface area contributed by atoms with Crippen LogP contribution in [0.25, 0.3) is 0 Å². The lowest BCUT2D eigenvalue weighted by molar-refractivity contribution is 0.228. The monoisotopic (exact) mass is 224 g/mol. The Bertz CT molecular complexity index is 234. The summed E-state index contributed by atoms with van der Waals surface area (Å²) < 4.78 is 0. The van der Waals surface area contributed by atoms with Gasteiger partial charge < -0.3 is 0 Å². The molecule has 0 amide bonds. The van der Waals surface area contributed by atoms with Gasteiger partial charge in [-0.05, 0) is 41.4 Å². The molecule has 1 fully saturated rings. The first-order valence-electron chi connectivity index (χ1n) is 7.36. The minimum absolute atomic E-state index is 0.524. The van der Waals surface area contributed by atoms with Gasteiger partial charge in [0.25, 0.3) is 0 Å². The Labute approximate surface area is 103 Å². The summed E-state index contributed by atoms with van der Waals surface area (Å²) in [5.41, 5.74) is 1.78. The van der Waals surface area contributed by atoms with Gasteiger partial charge in [-0.25, -0.2) is 0 Å². The molecule has 2 atom stereocenters. The van der Waals surface area contributed by atoms with Gasteiger partial charge in [0.2, 0.25) is 0 Å². The minimum Gasteiger partial charge on any atom is -0.0654 e. The quantitative estimate of drug-likeness (QED) is 0.545. The zero-order valence-corrected chi connectivity index (χ0v) is 12.6. The third kappa shape index (κ3) is 1.64. The molecular weight excluding hydrogens is 192 g/mol. The molecule has 0 bridgehead atoms. The Morgan fingerprint density at radius 2 is 1.50 bits per heavy atom. The van der Waals surface area contributed by atoms with Gasteiger partial charge in [0, 0.05) is 0 Å². The van der Waals surface area contributed by atoms with E-state index in [4.69, 9.17) is 0 Å². The summed E-state index contributed by atoms with van der Waals surface area (Å²) >= 11 is 0. The molecule has 0 aromatic carbocycles. The van der Waals surface area contributed by atoms with Crippen LogP contribution in [0.3, 0.4) is 0 Å². The van der Waals surface area contributed by atoms with Crippen molar-refractivity contribution in [2.24, 2.45) is 22.2 Å². The molecule has 0 aliphatic heterocycles. The van der Waals surface area contributed by atoms with Gasteiger partial charge in [-0.3, -0.25) is 0 Å². The Morgan fingerprint density at radius 1 is 1.00 bits per heavy atom. The number of rotatable bonds is 6. The average molecular weight is 224 g/mol. The average Bonchev–Trinajstić information content (AvgIpc) is 2.79. The molecule has 0 N–H and O–H groups in total. The fourth-order valence-corrected chi connectivity index (χ4v) is 5.03. The van der Waals surface area contributed by atoms with E-state index in [1.807, 2.05) is 0 Å². The zero-order valence-electron chi connectivity index (χ0n) is 12.6. The second-order valence-electron chi connectivity index (χ2n) is 6.81. The van der Waals surface area contributed by atoms with Crippen LogP contribution < -0.4 is 0 Å². The Balaban J connectivity index is 3.01. The molecule has 1 rings (SSSR count). The predicted molar refractivity (Wildman–Crippen MR) is 73.6 cm³/mol. The van der Waals surface area contributed by atoms with Gasteiger partial charge in [-0.1, -0.05) is 61.3 Å². The van der Waals surface area contributed by atoms with Crippen molar-refractivity contribution in [3.05, 3.63) is 0 Å². The van der Waals surface area contributed by atoms with Gasteiger partial charge in [-0.15, -0.1) is 0 Å². The van der Waals surface area contributed by atoms with E-state index in [0.717, 1.165) is 5.92 Å². The molecule has 0 aromatic heterocycles. The topological polar surface area (TPSA) is 0 Å². The summed E-state index contributed by atoms with van der Waals surface area (Å²) in [6, 6.07) is 0. The van der Waals surface area contributed by atoms with Gasteiger partial charge in [0.05, 0.1) is 0 Å². The maximum Gasteiger partial charge on any atom is -0.0207 e. The molecule has 0 aromatic rings. The molecule has 1 saturated carbocycles. The highest BCUT2D eigenvalue weighted by molar-refractivity contribution is 5.21. The lowest BCUT2D eigenvalue weighted by Crippen LogP contribution is -2.18. The first-order chi connectivity index (χ1) is 7.36. The van der Waals surface area contributed by atoms with Gasteiger partial charge >= 0.3 is 0 Å². The summed E-state index contributed by atoms with van der Waals surface area (Å²) in [6.07, 6.45) is 6.82. The molecule has 96 valence electrons. The van der Waals surface area contributed by atoms with E-state index in [2.05, 4.69) is 48.5 Å². The van der Waals surface area contributed by atoms with E-state index in [0.29, 0.717) is 16.2 Å². The molecule has 0 radical (unpaired) electrons. The summed E-state index contributed by atoms with van der Waals surface area (Å²) in [4.78, 5) is 0. The summed E-state index contributed by atoms with van der Waals surface area (Å²) in [5, 5.41) is 0. The highest BCUT2D eigenvalue weighted by atomic mass is 14.8. The third-order valence-electron chi connectivity index (χ3n) is 5.97. The van der Waals surface area contributed by atoms with E-state index < -0.39 is 0 Å². The van der Waals surface area contributed by atoms with Crippen molar-refractivity contribution in [2.75, 3.05) is 0 Å². The largest absolute Gasteiger partial charge is 0.0654 e. The molecule has 0 spiro atoms. The molecule has 0 heteroatoms. The predicted octanol–water partition coefficient (Wildman–Crippen LogP) is 5.67. The molecule has 0 nitrogen and oxygen atoms in total. The van der Waals surface area contributed by atoms with Crippen molar-refractivity contribution in [3.63, 3.8) is 0 Å². The van der Waals surface area contributed by atoms with E-state index in [1.54, 1.807) is 0 Å². The molecule has 0 heterocycles. The Kier molecular flexibility index (Phi) is 3.82. The maximum absolute atomic E-state index is 2.56. The van der Waals surface area contributed by atoms with Crippen LogP contribution in [0.5, 0.6) is 0 Å². The third-order valence-corrected chi connectivity index (χ3v) is 5.97. The summed E-state index contributed by atoms with van der Waals surface area (Å²) in [6.45, 7) is 17.0. The van der Waals surface area contributed by atoms with Crippen molar-refractivity contribution in [3.8, 4) is 0 Å². The Hall–Kier alpha value is 0. The summed E-state index contributed by atoms with van der Waals surface area (Å²) in [7, 11) is 0. The van der Waals surface area contributed by atoms with Crippen LogP contribution >= 0.6 is 0 Å². The van der Waals surface area contributed by atoms with Crippen LogP contribution in [-0.4, -0.2) is 0 Å². The smallest absolute Gasteiger partial charge is 0.0207 e. The second-order valence-corrected chi connectivity index (χ2v) is 6.81. The normalized spacial score (nSPS) is 32.8. The van der Waals surface area contributed by atoms with Gasteiger partial charge in [0.1, 0.15) is 0 Å². The van der Waals surface area contributed by atoms with E-state index in [1.165, 1.54) is 32.1 Å². The van der Waals surface area contributed by atoms with Gasteiger partial charge in [0.15, 0.2) is 0 Å². The SMILES string of the molecule is CCCC1(C)C(C(C)(C)CC)C1(CC)CC. The number of hydrogen-bond donors (Lipinski definition) is 0. The van der Waals surface area contributed by atoms with Crippen LogP contribution in [0.4, 0.5) is 0 Å². The van der Waals surface area contributed by atoms with E-state index in [-0.39, 0.29) is 0 Å². The molecule has 2 unspecified atom stereocenters. The molecule has 16 heavy (non-hydrogen) atoms. The van der Waals surface area contributed by atoms with Crippen LogP contribution in [0.2, 0.25) is 0 Å². The Morgan fingerprint density at radius 3 is 1.81 bits per heavy atom. The lowest BCUT2D eigenvalue weighted by atomic mass is 9.78. The van der Waals surface area contributed by atoms with E-state index >= 15 is 0 Å². The van der Waals surface area contributed by atoms with Crippen molar-refractivity contribution >= 4 is 0 Å². The highest BCUT2D eigenvalue weighted by Crippen LogP contribution is 2.79. The first-order valence-corrected chi connectivity index (χ1v) is 7.36. The standard InChI is InChI=1S/C16H32/c1-8-12-15(7)13(14(5,6)9-2)16(15,10-3)11-4/h13H,8-12H2,1-7H3. The van der Waals surface area contributed by atoms with Crippen molar-refractivity contribution in [1.82, 2.24) is 0 Å². The van der Waals surface area contributed by atoms with Crippen molar-refractivity contribution < 1.29 is 0 Å². The lowest BCUT2D eigenvalue weighted by Gasteiger charge is -2.27. The molecular formula is C16H32. The minimum atomic E-state index is 0.524. The fourth-order valence-electron chi connectivity index (χ4n) is 5.03. The van der Waals surface area contributed by atoms with Crippen molar-refractivity contribution in [2.45, 2.75) is 80.6 Å². The van der Waals surface area contributed by atoms with Crippen LogP contribution in [0.15, 0.2) is 0 Å².